The molecule has 2 amide bonds. The highest BCUT2D eigenvalue weighted by atomic mass is 35.5. The Bertz CT molecular complexity index is 559. The highest BCUT2D eigenvalue weighted by Crippen LogP contribution is 2.33. The van der Waals surface area contributed by atoms with E-state index >= 15 is 0 Å². The van der Waals surface area contributed by atoms with E-state index in [1.54, 1.807) is 28.0 Å². The molecule has 1 aromatic rings. The highest BCUT2D eigenvalue weighted by molar-refractivity contribution is 6.36. The van der Waals surface area contributed by atoms with Crippen molar-refractivity contribution in [3.8, 4) is 0 Å². The van der Waals surface area contributed by atoms with Crippen LogP contribution in [0.1, 0.15) is 20.3 Å². The molecule has 1 atom stereocenters. The van der Waals surface area contributed by atoms with Crippen molar-refractivity contribution < 1.29 is 9.59 Å². The first-order valence-electron chi connectivity index (χ1n) is 7.02. The summed E-state index contributed by atoms with van der Waals surface area (Å²) in [6, 6.07) is 5.01. The summed E-state index contributed by atoms with van der Waals surface area (Å²) in [7, 11) is 0. The Morgan fingerprint density at radius 2 is 2.00 bits per heavy atom. The lowest BCUT2D eigenvalue weighted by molar-refractivity contribution is -0.135. The maximum absolute atomic E-state index is 12.4. The van der Waals surface area contributed by atoms with E-state index < -0.39 is 0 Å². The molecule has 0 bridgehead atoms. The second kappa shape index (κ2) is 6.67. The van der Waals surface area contributed by atoms with Crippen LogP contribution in [-0.2, 0) is 9.59 Å². The Hall–Kier alpha value is -1.26. The maximum Gasteiger partial charge on any atom is 0.227 e. The topological polar surface area (TPSA) is 40.6 Å². The van der Waals surface area contributed by atoms with Crippen molar-refractivity contribution in [2.45, 2.75) is 20.3 Å². The van der Waals surface area contributed by atoms with E-state index in [0.29, 0.717) is 35.4 Å². The Labute approximate surface area is 134 Å². The minimum atomic E-state index is -0.302. The lowest BCUT2D eigenvalue weighted by atomic mass is 10.1. The molecule has 1 saturated heterocycles. The standard InChI is InChI=1S/C15H18Cl2N2O2/c1-3-18(4-2)15(21)10-7-14(20)19(9-10)13-6-5-11(16)8-12(13)17/h5-6,8,10H,3-4,7,9H2,1-2H3. The van der Waals surface area contributed by atoms with Crippen LogP contribution in [0, 0.1) is 5.92 Å². The highest BCUT2D eigenvalue weighted by Gasteiger charge is 2.37. The van der Waals surface area contributed by atoms with Crippen LogP contribution >= 0.6 is 23.2 Å². The number of nitrogens with zero attached hydrogens (tertiary/aromatic N) is 2. The van der Waals surface area contributed by atoms with E-state index in [4.69, 9.17) is 23.2 Å². The van der Waals surface area contributed by atoms with Gasteiger partial charge < -0.3 is 9.80 Å². The van der Waals surface area contributed by atoms with Gasteiger partial charge in [-0.15, -0.1) is 0 Å². The molecule has 1 heterocycles. The molecule has 4 nitrogen and oxygen atoms in total. The van der Waals surface area contributed by atoms with Gasteiger partial charge in [0.15, 0.2) is 0 Å². The number of hydrogen-bond donors (Lipinski definition) is 0. The van der Waals surface area contributed by atoms with Gasteiger partial charge >= 0.3 is 0 Å². The maximum atomic E-state index is 12.4. The molecule has 1 fully saturated rings. The van der Waals surface area contributed by atoms with E-state index in [1.807, 2.05) is 13.8 Å². The number of hydrogen-bond acceptors (Lipinski definition) is 2. The molecule has 21 heavy (non-hydrogen) atoms. The Kier molecular flexibility index (Phi) is 5.12. The molecular weight excluding hydrogens is 311 g/mol. The fourth-order valence-corrected chi connectivity index (χ4v) is 3.11. The molecule has 0 radical (unpaired) electrons. The van der Waals surface area contributed by atoms with Gasteiger partial charge in [0.1, 0.15) is 0 Å². The van der Waals surface area contributed by atoms with E-state index in [0.717, 1.165) is 0 Å². The van der Waals surface area contributed by atoms with Gasteiger partial charge in [0.2, 0.25) is 11.8 Å². The minimum Gasteiger partial charge on any atom is -0.343 e. The third kappa shape index (κ3) is 3.33. The summed E-state index contributed by atoms with van der Waals surface area (Å²) in [5.41, 5.74) is 0.612. The number of anilines is 1. The largest absolute Gasteiger partial charge is 0.343 e. The smallest absolute Gasteiger partial charge is 0.227 e. The monoisotopic (exact) mass is 328 g/mol. The van der Waals surface area contributed by atoms with Crippen LogP contribution in [-0.4, -0.2) is 36.3 Å². The molecule has 1 unspecified atom stereocenters. The van der Waals surface area contributed by atoms with Gasteiger partial charge in [-0.25, -0.2) is 0 Å². The van der Waals surface area contributed by atoms with Gasteiger partial charge in [0, 0.05) is 31.1 Å². The van der Waals surface area contributed by atoms with Crippen molar-refractivity contribution in [2.75, 3.05) is 24.5 Å². The van der Waals surface area contributed by atoms with Crippen molar-refractivity contribution in [2.24, 2.45) is 5.92 Å². The van der Waals surface area contributed by atoms with Gasteiger partial charge in [-0.1, -0.05) is 23.2 Å². The lowest BCUT2D eigenvalue weighted by Crippen LogP contribution is -2.37. The summed E-state index contributed by atoms with van der Waals surface area (Å²) in [6.07, 6.45) is 0.230. The molecule has 0 saturated carbocycles. The van der Waals surface area contributed by atoms with Crippen molar-refractivity contribution in [1.29, 1.82) is 0 Å². The van der Waals surface area contributed by atoms with Gasteiger partial charge in [-0.05, 0) is 32.0 Å². The Balaban J connectivity index is 2.18. The number of carbonyl (C=O) groups is 2. The molecular formula is C15H18Cl2N2O2. The summed E-state index contributed by atoms with van der Waals surface area (Å²) < 4.78 is 0. The average molecular weight is 329 g/mol. The third-order valence-corrected chi connectivity index (χ3v) is 4.29. The van der Waals surface area contributed by atoms with E-state index in [2.05, 4.69) is 0 Å². The summed E-state index contributed by atoms with van der Waals surface area (Å²) in [5.74, 6) is -0.352. The van der Waals surface area contributed by atoms with Crippen LogP contribution in [0.3, 0.4) is 0 Å². The average Bonchev–Trinajstić information content (AvgIpc) is 2.82. The summed E-state index contributed by atoms with van der Waals surface area (Å²) >= 11 is 12.0. The Morgan fingerprint density at radius 1 is 1.33 bits per heavy atom. The van der Waals surface area contributed by atoms with E-state index in [1.165, 1.54) is 0 Å². The first-order valence-corrected chi connectivity index (χ1v) is 7.77. The molecule has 0 aromatic heterocycles. The third-order valence-electron chi connectivity index (χ3n) is 3.75. The van der Waals surface area contributed by atoms with Crippen LogP contribution in [0.25, 0.3) is 0 Å². The molecule has 0 N–H and O–H groups in total. The molecule has 114 valence electrons. The first kappa shape index (κ1) is 16.1. The molecule has 0 aliphatic carbocycles. The van der Waals surface area contributed by atoms with Crippen molar-refractivity contribution in [3.05, 3.63) is 28.2 Å². The molecule has 1 aliphatic rings. The zero-order valence-electron chi connectivity index (χ0n) is 12.1. The molecule has 2 rings (SSSR count). The second-order valence-electron chi connectivity index (χ2n) is 5.01. The number of amides is 2. The quantitative estimate of drug-likeness (QED) is 0.851. The van der Waals surface area contributed by atoms with Crippen molar-refractivity contribution >= 4 is 40.7 Å². The van der Waals surface area contributed by atoms with E-state index in [-0.39, 0.29) is 24.2 Å². The number of rotatable bonds is 4. The zero-order valence-corrected chi connectivity index (χ0v) is 13.6. The van der Waals surface area contributed by atoms with Gasteiger partial charge in [-0.3, -0.25) is 9.59 Å². The van der Waals surface area contributed by atoms with Crippen molar-refractivity contribution in [3.63, 3.8) is 0 Å². The predicted molar refractivity (Wildman–Crippen MR) is 84.9 cm³/mol. The van der Waals surface area contributed by atoms with E-state index in [9.17, 15) is 9.59 Å². The van der Waals surface area contributed by atoms with Gasteiger partial charge in [-0.2, -0.15) is 0 Å². The van der Waals surface area contributed by atoms with Crippen LogP contribution in [0.2, 0.25) is 10.0 Å². The van der Waals surface area contributed by atoms with Crippen LogP contribution in [0.5, 0.6) is 0 Å². The first-order chi connectivity index (χ1) is 9.97. The summed E-state index contributed by atoms with van der Waals surface area (Å²) in [6.45, 7) is 5.55. The van der Waals surface area contributed by atoms with Crippen LogP contribution in [0.15, 0.2) is 18.2 Å². The van der Waals surface area contributed by atoms with Crippen LogP contribution in [0.4, 0.5) is 5.69 Å². The number of halogens is 2. The SMILES string of the molecule is CCN(CC)C(=O)C1CC(=O)N(c2ccc(Cl)cc2Cl)C1. The van der Waals surface area contributed by atoms with Crippen molar-refractivity contribution in [1.82, 2.24) is 4.90 Å². The predicted octanol–water partition coefficient (Wildman–Crippen LogP) is 3.21. The fraction of sp³-hybridized carbons (Fsp3) is 0.467. The summed E-state index contributed by atoms with van der Waals surface area (Å²) in [5, 5.41) is 0.943. The van der Waals surface area contributed by atoms with Gasteiger partial charge in [0.25, 0.3) is 0 Å². The lowest BCUT2D eigenvalue weighted by Gasteiger charge is -2.23. The number of carbonyl (C=O) groups excluding carboxylic acids is 2. The second-order valence-corrected chi connectivity index (χ2v) is 5.86. The molecule has 0 spiro atoms. The zero-order chi connectivity index (χ0) is 15.6. The van der Waals surface area contributed by atoms with Gasteiger partial charge in [0.05, 0.1) is 16.6 Å². The van der Waals surface area contributed by atoms with Crippen LogP contribution < -0.4 is 4.90 Å². The summed E-state index contributed by atoms with van der Waals surface area (Å²) in [4.78, 5) is 27.9. The normalized spacial score (nSPS) is 18.2. The minimum absolute atomic E-state index is 0.0286. The Morgan fingerprint density at radius 3 is 2.57 bits per heavy atom. The fourth-order valence-electron chi connectivity index (χ4n) is 2.60. The molecule has 6 heteroatoms. The molecule has 1 aromatic carbocycles. The number of benzene rings is 1. The molecule has 1 aliphatic heterocycles.